The number of carbonyl (C=O) groups is 1. The number of hydrogen-bond acceptors (Lipinski definition) is 4. The van der Waals surface area contributed by atoms with Gasteiger partial charge in [0.15, 0.2) is 0 Å². The summed E-state index contributed by atoms with van der Waals surface area (Å²) in [6, 6.07) is 0. The van der Waals surface area contributed by atoms with Crippen LogP contribution in [0.2, 0.25) is 0 Å². The third kappa shape index (κ3) is 15.1. The van der Waals surface area contributed by atoms with Gasteiger partial charge in [0.1, 0.15) is 0 Å². The van der Waals surface area contributed by atoms with Gasteiger partial charge in [-0.3, -0.25) is 0 Å². The highest BCUT2D eigenvalue weighted by molar-refractivity contribution is 5.79. The molecule has 0 aromatic rings. The molecule has 0 saturated heterocycles. The van der Waals surface area contributed by atoms with Crippen molar-refractivity contribution in [1.82, 2.24) is 16.0 Å². The van der Waals surface area contributed by atoms with E-state index in [0.717, 1.165) is 38.8 Å². The maximum atomic E-state index is 10.1. The molecule has 0 aromatic heterocycles. The molecular formula is C12H25N3O2. The van der Waals surface area contributed by atoms with Crippen LogP contribution in [0.3, 0.4) is 0 Å². The molecule has 5 heteroatoms. The van der Waals surface area contributed by atoms with Gasteiger partial charge in [-0.1, -0.05) is 19.4 Å². The van der Waals surface area contributed by atoms with E-state index in [0.29, 0.717) is 6.54 Å². The fourth-order valence-electron chi connectivity index (χ4n) is 1.25. The fourth-order valence-corrected chi connectivity index (χ4v) is 1.25. The topological polar surface area (TPSA) is 73.4 Å². The molecule has 0 saturated carbocycles. The number of nitrogens with one attached hydrogen (secondary N) is 3. The molecule has 0 rings (SSSR count). The summed E-state index contributed by atoms with van der Waals surface area (Å²) >= 11 is 0. The smallest absolute Gasteiger partial charge is 0.328 e. The molecule has 0 heterocycles. The van der Waals surface area contributed by atoms with Gasteiger partial charge in [0, 0.05) is 38.8 Å². The summed E-state index contributed by atoms with van der Waals surface area (Å²) < 4.78 is 0. The molecule has 0 amide bonds. The highest BCUT2D eigenvalue weighted by Crippen LogP contribution is 1.80. The monoisotopic (exact) mass is 243 g/mol. The number of carboxylic acids is 1. The minimum Gasteiger partial charge on any atom is -0.478 e. The van der Waals surface area contributed by atoms with Gasteiger partial charge in [0.05, 0.1) is 0 Å². The number of carboxylic acid groups (broad SMARTS) is 1. The van der Waals surface area contributed by atoms with Crippen LogP contribution in [-0.2, 0) is 4.79 Å². The minimum atomic E-state index is -0.900. The van der Waals surface area contributed by atoms with Crippen LogP contribution in [0.5, 0.6) is 0 Å². The number of aliphatic carboxylic acids is 1. The second-order valence-electron chi connectivity index (χ2n) is 3.80. The molecule has 17 heavy (non-hydrogen) atoms. The third-order valence-electron chi connectivity index (χ3n) is 2.19. The lowest BCUT2D eigenvalue weighted by Crippen LogP contribution is -2.33. The summed E-state index contributed by atoms with van der Waals surface area (Å²) in [4.78, 5) is 10.1. The van der Waals surface area contributed by atoms with Crippen LogP contribution in [0.15, 0.2) is 12.2 Å². The molecule has 0 aliphatic carbocycles. The SMILES string of the molecule is CCCCNCCNCCNCC=CC(=O)O. The summed E-state index contributed by atoms with van der Waals surface area (Å²) in [7, 11) is 0. The Morgan fingerprint density at radius 3 is 2.24 bits per heavy atom. The predicted molar refractivity (Wildman–Crippen MR) is 70.3 cm³/mol. The van der Waals surface area contributed by atoms with E-state index in [1.165, 1.54) is 12.8 Å². The summed E-state index contributed by atoms with van der Waals surface area (Å²) in [5.74, 6) is -0.900. The summed E-state index contributed by atoms with van der Waals surface area (Å²) in [6.45, 7) is 7.59. The Balaban J connectivity index is 3.01. The van der Waals surface area contributed by atoms with Crippen LogP contribution < -0.4 is 16.0 Å². The second-order valence-corrected chi connectivity index (χ2v) is 3.80. The molecule has 0 unspecified atom stereocenters. The van der Waals surface area contributed by atoms with Crippen molar-refractivity contribution in [3.63, 3.8) is 0 Å². The Kier molecular flexibility index (Phi) is 12.5. The Morgan fingerprint density at radius 2 is 1.65 bits per heavy atom. The first-order valence-electron chi connectivity index (χ1n) is 6.29. The van der Waals surface area contributed by atoms with Crippen molar-refractivity contribution in [2.75, 3.05) is 39.3 Å². The van der Waals surface area contributed by atoms with Crippen LogP contribution in [0.1, 0.15) is 19.8 Å². The van der Waals surface area contributed by atoms with Crippen molar-refractivity contribution >= 4 is 5.97 Å². The second kappa shape index (κ2) is 13.2. The van der Waals surface area contributed by atoms with Crippen molar-refractivity contribution in [3.05, 3.63) is 12.2 Å². The van der Waals surface area contributed by atoms with Crippen molar-refractivity contribution in [1.29, 1.82) is 0 Å². The van der Waals surface area contributed by atoms with Crippen LogP contribution in [0.25, 0.3) is 0 Å². The number of unbranched alkanes of at least 4 members (excludes halogenated alkanes) is 1. The van der Waals surface area contributed by atoms with Crippen molar-refractivity contribution in [3.8, 4) is 0 Å². The Bertz CT molecular complexity index is 208. The highest BCUT2D eigenvalue weighted by Gasteiger charge is 1.88. The number of hydrogen-bond donors (Lipinski definition) is 4. The molecule has 0 fully saturated rings. The molecule has 4 N–H and O–H groups in total. The summed E-state index contributed by atoms with van der Waals surface area (Å²) in [5.41, 5.74) is 0. The molecule has 0 spiro atoms. The third-order valence-corrected chi connectivity index (χ3v) is 2.19. The average Bonchev–Trinajstić information content (AvgIpc) is 2.30. The molecule has 0 aliphatic rings. The molecule has 100 valence electrons. The zero-order valence-corrected chi connectivity index (χ0v) is 10.7. The average molecular weight is 243 g/mol. The standard InChI is InChI=1S/C12H25N3O2/c1-2-3-6-13-8-10-15-11-9-14-7-4-5-12(16)17/h4-5,13-15H,2-3,6-11H2,1H3,(H,16,17). The van der Waals surface area contributed by atoms with Crippen LogP contribution in [0, 0.1) is 0 Å². The van der Waals surface area contributed by atoms with E-state index in [-0.39, 0.29) is 0 Å². The summed E-state index contributed by atoms with van der Waals surface area (Å²) in [6.07, 6.45) is 5.22. The molecule has 0 atom stereocenters. The lowest BCUT2D eigenvalue weighted by molar-refractivity contribution is -0.131. The first-order valence-corrected chi connectivity index (χ1v) is 6.29. The van der Waals surface area contributed by atoms with Gasteiger partial charge in [-0.2, -0.15) is 0 Å². The molecule has 0 aromatic carbocycles. The largest absolute Gasteiger partial charge is 0.478 e. The highest BCUT2D eigenvalue weighted by atomic mass is 16.4. The van der Waals surface area contributed by atoms with Crippen LogP contribution in [-0.4, -0.2) is 50.3 Å². The van der Waals surface area contributed by atoms with Gasteiger partial charge >= 0.3 is 5.97 Å². The molecule has 0 aliphatic heterocycles. The van der Waals surface area contributed by atoms with E-state index in [9.17, 15) is 4.79 Å². The number of rotatable bonds is 12. The molecule has 0 bridgehead atoms. The zero-order valence-electron chi connectivity index (χ0n) is 10.7. The molecule has 5 nitrogen and oxygen atoms in total. The van der Waals surface area contributed by atoms with Gasteiger partial charge in [0.2, 0.25) is 0 Å². The van der Waals surface area contributed by atoms with E-state index in [2.05, 4.69) is 22.9 Å². The van der Waals surface area contributed by atoms with E-state index in [1.54, 1.807) is 6.08 Å². The minimum absolute atomic E-state index is 0.600. The van der Waals surface area contributed by atoms with Gasteiger partial charge in [0.25, 0.3) is 0 Å². The van der Waals surface area contributed by atoms with E-state index < -0.39 is 5.97 Å². The van der Waals surface area contributed by atoms with Gasteiger partial charge < -0.3 is 21.1 Å². The van der Waals surface area contributed by atoms with Gasteiger partial charge in [-0.25, -0.2) is 4.79 Å². The Labute approximate surface area is 104 Å². The van der Waals surface area contributed by atoms with E-state index >= 15 is 0 Å². The van der Waals surface area contributed by atoms with E-state index in [1.807, 2.05) is 0 Å². The maximum Gasteiger partial charge on any atom is 0.328 e. The maximum absolute atomic E-state index is 10.1. The predicted octanol–water partition coefficient (Wildman–Crippen LogP) is 0.196. The van der Waals surface area contributed by atoms with E-state index in [4.69, 9.17) is 5.11 Å². The van der Waals surface area contributed by atoms with Crippen molar-refractivity contribution in [2.45, 2.75) is 19.8 Å². The molecule has 0 radical (unpaired) electrons. The zero-order chi connectivity index (χ0) is 12.8. The molecular weight excluding hydrogens is 218 g/mol. The fraction of sp³-hybridized carbons (Fsp3) is 0.750. The lowest BCUT2D eigenvalue weighted by Gasteiger charge is -2.06. The normalized spacial score (nSPS) is 11.1. The Morgan fingerprint density at radius 1 is 1.06 bits per heavy atom. The van der Waals surface area contributed by atoms with Gasteiger partial charge in [-0.15, -0.1) is 0 Å². The summed E-state index contributed by atoms with van der Waals surface area (Å²) in [5, 5.41) is 18.1. The van der Waals surface area contributed by atoms with Crippen molar-refractivity contribution < 1.29 is 9.90 Å². The first-order chi connectivity index (χ1) is 8.27. The van der Waals surface area contributed by atoms with Crippen LogP contribution in [0.4, 0.5) is 0 Å². The van der Waals surface area contributed by atoms with Crippen molar-refractivity contribution in [2.24, 2.45) is 0 Å². The first kappa shape index (κ1) is 16.1. The quantitative estimate of drug-likeness (QED) is 0.291. The lowest BCUT2D eigenvalue weighted by atomic mass is 10.3. The van der Waals surface area contributed by atoms with Gasteiger partial charge in [-0.05, 0) is 13.0 Å². The van der Waals surface area contributed by atoms with Crippen LogP contribution >= 0.6 is 0 Å². The Hall–Kier alpha value is -0.910.